The molecule has 6 heteroatoms. The fraction of sp³-hybridized carbons (Fsp3) is 0.182. The standard InChI is InChI=1S/C11H7F3N3/c1-7-2-3-9(15-4-7)8-5-16-10(17-6-8)11(12,13)14/h3-6H,1H3. The van der Waals surface area contributed by atoms with Crippen molar-refractivity contribution >= 4 is 0 Å². The number of aryl methyl sites for hydroxylation is 1. The lowest BCUT2D eigenvalue weighted by molar-refractivity contribution is -0.144. The first-order valence-electron chi connectivity index (χ1n) is 4.71. The number of aromatic nitrogens is 3. The van der Waals surface area contributed by atoms with Gasteiger partial charge in [-0.15, -0.1) is 0 Å². The Bertz CT molecular complexity index is 503. The second kappa shape index (κ2) is 4.12. The normalized spacial score (nSPS) is 11.5. The van der Waals surface area contributed by atoms with Crippen LogP contribution in [0.5, 0.6) is 0 Å². The summed E-state index contributed by atoms with van der Waals surface area (Å²) in [7, 11) is 0. The van der Waals surface area contributed by atoms with Crippen molar-refractivity contribution in [3.63, 3.8) is 0 Å². The Morgan fingerprint density at radius 3 is 2.18 bits per heavy atom. The highest BCUT2D eigenvalue weighted by molar-refractivity contribution is 5.56. The number of alkyl halides is 3. The zero-order valence-electron chi connectivity index (χ0n) is 8.78. The third-order valence-electron chi connectivity index (χ3n) is 2.03. The lowest BCUT2D eigenvalue weighted by Crippen LogP contribution is -2.10. The Balaban J connectivity index is 2.33. The minimum absolute atomic E-state index is 0.425. The fourth-order valence-corrected chi connectivity index (χ4v) is 1.19. The zero-order valence-corrected chi connectivity index (χ0v) is 8.78. The Morgan fingerprint density at radius 2 is 1.71 bits per heavy atom. The summed E-state index contributed by atoms with van der Waals surface area (Å²) in [5, 5.41) is 0. The van der Waals surface area contributed by atoms with Crippen molar-refractivity contribution in [3.05, 3.63) is 42.1 Å². The molecule has 0 atom stereocenters. The van der Waals surface area contributed by atoms with E-state index in [2.05, 4.69) is 21.0 Å². The van der Waals surface area contributed by atoms with Gasteiger partial charge in [0.25, 0.3) is 0 Å². The molecule has 2 aromatic rings. The van der Waals surface area contributed by atoms with Gasteiger partial charge in [-0.05, 0) is 24.6 Å². The summed E-state index contributed by atoms with van der Waals surface area (Å²) in [5.41, 5.74) is 1.76. The van der Waals surface area contributed by atoms with Crippen molar-refractivity contribution in [3.8, 4) is 11.3 Å². The maximum absolute atomic E-state index is 12.2. The maximum Gasteiger partial charge on any atom is 0.451 e. The van der Waals surface area contributed by atoms with Crippen LogP contribution >= 0.6 is 0 Å². The molecular weight excluding hydrogens is 231 g/mol. The predicted octanol–water partition coefficient (Wildman–Crippen LogP) is 2.67. The Morgan fingerprint density at radius 1 is 1.06 bits per heavy atom. The number of nitrogens with zero attached hydrogens (tertiary/aromatic N) is 3. The van der Waals surface area contributed by atoms with Crippen LogP contribution in [0.3, 0.4) is 0 Å². The van der Waals surface area contributed by atoms with E-state index in [4.69, 9.17) is 0 Å². The first-order chi connectivity index (χ1) is 7.97. The molecule has 3 nitrogen and oxygen atoms in total. The smallest absolute Gasteiger partial charge is 0.256 e. The third-order valence-corrected chi connectivity index (χ3v) is 2.03. The molecule has 0 saturated carbocycles. The van der Waals surface area contributed by atoms with Gasteiger partial charge in [-0.2, -0.15) is 13.2 Å². The summed E-state index contributed by atoms with van der Waals surface area (Å²) in [6, 6.07) is 4.49. The topological polar surface area (TPSA) is 38.7 Å². The van der Waals surface area contributed by atoms with Gasteiger partial charge < -0.3 is 0 Å². The van der Waals surface area contributed by atoms with Gasteiger partial charge in [0.05, 0.1) is 5.69 Å². The van der Waals surface area contributed by atoms with E-state index in [0.717, 1.165) is 18.0 Å². The van der Waals surface area contributed by atoms with Gasteiger partial charge >= 0.3 is 6.18 Å². The molecule has 17 heavy (non-hydrogen) atoms. The molecule has 2 aromatic heterocycles. The number of pyridine rings is 1. The van der Waals surface area contributed by atoms with Crippen LogP contribution < -0.4 is 0 Å². The molecule has 0 amide bonds. The molecule has 0 bridgehead atoms. The van der Waals surface area contributed by atoms with Gasteiger partial charge in [0, 0.05) is 24.2 Å². The lowest BCUT2D eigenvalue weighted by Gasteiger charge is -2.05. The zero-order chi connectivity index (χ0) is 12.5. The van der Waals surface area contributed by atoms with E-state index in [-0.39, 0.29) is 0 Å². The number of rotatable bonds is 1. The molecule has 0 aromatic carbocycles. The molecule has 1 radical (unpaired) electrons. The van der Waals surface area contributed by atoms with Crippen LogP contribution in [0.4, 0.5) is 13.2 Å². The highest BCUT2D eigenvalue weighted by Gasteiger charge is 2.34. The summed E-state index contributed by atoms with van der Waals surface area (Å²) >= 11 is 0. The maximum atomic E-state index is 12.2. The van der Waals surface area contributed by atoms with E-state index in [1.807, 2.05) is 6.92 Å². The van der Waals surface area contributed by atoms with Gasteiger partial charge in [0.1, 0.15) is 0 Å². The van der Waals surface area contributed by atoms with Gasteiger partial charge in [-0.3, -0.25) is 4.98 Å². The molecule has 0 unspecified atom stereocenters. The number of hydrogen-bond donors (Lipinski definition) is 0. The molecule has 0 aliphatic heterocycles. The van der Waals surface area contributed by atoms with Crippen LogP contribution in [0.1, 0.15) is 11.4 Å². The predicted molar refractivity (Wildman–Crippen MR) is 53.8 cm³/mol. The van der Waals surface area contributed by atoms with Gasteiger partial charge in [0.2, 0.25) is 5.82 Å². The summed E-state index contributed by atoms with van der Waals surface area (Å²) in [6.07, 6.45) is -0.749. The molecule has 0 spiro atoms. The van der Waals surface area contributed by atoms with Crippen molar-refractivity contribution in [1.29, 1.82) is 0 Å². The molecule has 0 N–H and O–H groups in total. The second-order valence-electron chi connectivity index (χ2n) is 3.41. The monoisotopic (exact) mass is 238 g/mol. The number of hydrogen-bond acceptors (Lipinski definition) is 3. The molecule has 87 valence electrons. The van der Waals surface area contributed by atoms with E-state index in [9.17, 15) is 13.2 Å². The van der Waals surface area contributed by atoms with Gasteiger partial charge in [0.15, 0.2) is 0 Å². The van der Waals surface area contributed by atoms with Crippen molar-refractivity contribution in [2.75, 3.05) is 0 Å². The van der Waals surface area contributed by atoms with E-state index in [1.54, 1.807) is 12.3 Å². The SMILES string of the molecule is Cc1[c]cc(-c2cnc(C(F)(F)F)nc2)nc1. The van der Waals surface area contributed by atoms with Crippen LogP contribution in [0.15, 0.2) is 24.7 Å². The largest absolute Gasteiger partial charge is 0.451 e. The third kappa shape index (κ3) is 2.58. The van der Waals surface area contributed by atoms with Gasteiger partial charge in [-0.25, -0.2) is 9.97 Å². The van der Waals surface area contributed by atoms with E-state index in [0.29, 0.717) is 11.3 Å². The Kier molecular flexibility index (Phi) is 2.79. The van der Waals surface area contributed by atoms with Crippen molar-refractivity contribution in [2.24, 2.45) is 0 Å². The summed E-state index contributed by atoms with van der Waals surface area (Å²) in [6.45, 7) is 1.82. The minimum Gasteiger partial charge on any atom is -0.256 e. The molecule has 0 saturated heterocycles. The van der Waals surface area contributed by atoms with Crippen LogP contribution in [0.25, 0.3) is 11.3 Å². The first kappa shape index (κ1) is 11.5. The summed E-state index contributed by atoms with van der Waals surface area (Å²) in [5.74, 6) is -1.16. The average molecular weight is 238 g/mol. The Labute approximate surface area is 95.4 Å². The van der Waals surface area contributed by atoms with Crippen molar-refractivity contribution < 1.29 is 13.2 Å². The van der Waals surface area contributed by atoms with Crippen molar-refractivity contribution in [1.82, 2.24) is 15.0 Å². The van der Waals surface area contributed by atoms with E-state index >= 15 is 0 Å². The highest BCUT2D eigenvalue weighted by atomic mass is 19.4. The number of halogens is 3. The quantitative estimate of drug-likeness (QED) is 0.766. The average Bonchev–Trinajstić information content (AvgIpc) is 2.29. The second-order valence-corrected chi connectivity index (χ2v) is 3.41. The van der Waals surface area contributed by atoms with Crippen LogP contribution in [0.2, 0.25) is 0 Å². The molecule has 0 aliphatic rings. The summed E-state index contributed by atoms with van der Waals surface area (Å²) in [4.78, 5) is 10.6. The lowest BCUT2D eigenvalue weighted by atomic mass is 10.2. The molecule has 2 rings (SSSR count). The highest BCUT2D eigenvalue weighted by Crippen LogP contribution is 2.26. The van der Waals surface area contributed by atoms with Crippen LogP contribution in [-0.2, 0) is 6.18 Å². The molecule has 0 aliphatic carbocycles. The minimum atomic E-state index is -4.52. The molecule has 2 heterocycles. The summed E-state index contributed by atoms with van der Waals surface area (Å²) < 4.78 is 36.7. The van der Waals surface area contributed by atoms with E-state index in [1.165, 1.54) is 0 Å². The van der Waals surface area contributed by atoms with Crippen LogP contribution in [-0.4, -0.2) is 15.0 Å². The van der Waals surface area contributed by atoms with Gasteiger partial charge in [-0.1, -0.05) is 0 Å². The fourth-order valence-electron chi connectivity index (χ4n) is 1.19. The van der Waals surface area contributed by atoms with Crippen LogP contribution in [0, 0.1) is 13.0 Å². The van der Waals surface area contributed by atoms with Crippen molar-refractivity contribution in [2.45, 2.75) is 13.1 Å². The Hall–Kier alpha value is -1.98. The first-order valence-corrected chi connectivity index (χ1v) is 4.71. The molecule has 0 fully saturated rings. The van der Waals surface area contributed by atoms with E-state index < -0.39 is 12.0 Å². The molecular formula is C11H7F3N3.